The van der Waals surface area contributed by atoms with E-state index in [1.807, 2.05) is 84.2 Å². The van der Waals surface area contributed by atoms with E-state index in [0.29, 0.717) is 11.3 Å². The largest absolute Gasteiger partial charge is 0.340 e. The molecule has 0 radical (unpaired) electrons. The highest BCUT2D eigenvalue weighted by atomic mass is 32.1. The number of nitrogens with zero attached hydrogens (tertiary/aromatic N) is 3. The van der Waals surface area contributed by atoms with Crippen molar-refractivity contribution in [1.29, 1.82) is 5.26 Å². The van der Waals surface area contributed by atoms with E-state index in [0.717, 1.165) is 35.2 Å². The molecule has 0 aliphatic heterocycles. The van der Waals surface area contributed by atoms with Gasteiger partial charge in [0.25, 0.3) is 0 Å². The summed E-state index contributed by atoms with van der Waals surface area (Å²) < 4.78 is 5.07. The fraction of sp³-hybridized carbons (Fsp3) is 0.167. The summed E-state index contributed by atoms with van der Waals surface area (Å²) >= 11 is 1.84. The molecule has 0 amide bonds. The van der Waals surface area contributed by atoms with E-state index in [4.69, 9.17) is 6.57 Å². The number of fused-ring (bicyclic) bond motifs is 9. The molecule has 0 saturated carbocycles. The van der Waals surface area contributed by atoms with Crippen LogP contribution in [-0.2, 0) is 6.54 Å². The number of rotatable bonds is 11. The molecule has 0 aliphatic carbocycles. The van der Waals surface area contributed by atoms with Crippen LogP contribution in [0.15, 0.2) is 121 Å². The maximum atomic E-state index is 10.1. The molecular formula is C48H39N3S. The van der Waals surface area contributed by atoms with Gasteiger partial charge < -0.3 is 4.57 Å². The first-order valence-electron chi connectivity index (χ1n) is 18.3. The van der Waals surface area contributed by atoms with Crippen molar-refractivity contribution in [2.75, 3.05) is 0 Å². The van der Waals surface area contributed by atoms with Crippen LogP contribution < -0.4 is 0 Å². The molecule has 6 aromatic carbocycles. The molecule has 3 nitrogen and oxygen atoms in total. The maximum Gasteiger partial charge on any atom is 0.194 e. The standard InChI is InChI=1S/C48H39N3S/c1-3-4-5-6-7-14-27-51-45-30-33(28-37(32-49)35-15-10-8-11-16-35)19-21-38(45)40-23-26-43-41(47(40)51)24-25-42-39-22-20-34(31-46(39)52-48(42)43)29-44(50-2)36-17-12-9-13-18-36/h8-13,15-26,28-31H,3-7,14,27H2,1H3/b37-28+,44-29-. The smallest absolute Gasteiger partial charge is 0.194 e. The van der Waals surface area contributed by atoms with Gasteiger partial charge in [-0.2, -0.15) is 5.26 Å². The average Bonchev–Trinajstić information content (AvgIpc) is 3.73. The van der Waals surface area contributed by atoms with Crippen molar-refractivity contribution in [2.45, 2.75) is 52.0 Å². The number of allylic oxidation sites excluding steroid dienone is 1. The van der Waals surface area contributed by atoms with Gasteiger partial charge in [0.15, 0.2) is 5.70 Å². The second kappa shape index (κ2) is 14.7. The second-order valence-electron chi connectivity index (χ2n) is 13.6. The lowest BCUT2D eigenvalue weighted by molar-refractivity contribution is 0.571. The van der Waals surface area contributed by atoms with Gasteiger partial charge in [0.1, 0.15) is 0 Å². The molecule has 0 bridgehead atoms. The first-order chi connectivity index (χ1) is 25.7. The van der Waals surface area contributed by atoms with Crippen LogP contribution in [0.5, 0.6) is 0 Å². The van der Waals surface area contributed by atoms with Gasteiger partial charge in [0, 0.05) is 53.8 Å². The monoisotopic (exact) mass is 689 g/mol. The van der Waals surface area contributed by atoms with E-state index in [-0.39, 0.29) is 0 Å². The minimum Gasteiger partial charge on any atom is -0.340 e. The van der Waals surface area contributed by atoms with Crippen molar-refractivity contribution in [1.82, 2.24) is 4.57 Å². The Hall–Kier alpha value is -5.94. The van der Waals surface area contributed by atoms with Crippen molar-refractivity contribution < 1.29 is 0 Å². The predicted octanol–water partition coefficient (Wildman–Crippen LogP) is 14.2. The van der Waals surface area contributed by atoms with Gasteiger partial charge >= 0.3 is 0 Å². The van der Waals surface area contributed by atoms with Gasteiger partial charge in [-0.05, 0) is 53.0 Å². The fourth-order valence-electron chi connectivity index (χ4n) is 7.64. The molecule has 2 aromatic heterocycles. The second-order valence-corrected chi connectivity index (χ2v) is 14.6. The number of hydrogen-bond donors (Lipinski definition) is 0. The normalized spacial score (nSPS) is 12.3. The first kappa shape index (κ1) is 33.2. The van der Waals surface area contributed by atoms with Crippen LogP contribution in [0.4, 0.5) is 0 Å². The minimum absolute atomic E-state index is 0.648. The lowest BCUT2D eigenvalue weighted by atomic mass is 10.0. The summed E-state index contributed by atoms with van der Waals surface area (Å²) in [4.78, 5) is 3.84. The van der Waals surface area contributed by atoms with Crippen LogP contribution in [0.25, 0.3) is 81.0 Å². The van der Waals surface area contributed by atoms with Crippen LogP contribution in [0.1, 0.15) is 67.7 Å². The molecule has 0 atom stereocenters. The zero-order valence-corrected chi connectivity index (χ0v) is 30.2. The molecule has 52 heavy (non-hydrogen) atoms. The fourth-order valence-corrected chi connectivity index (χ4v) is 8.92. The molecule has 0 fully saturated rings. The summed E-state index contributed by atoms with van der Waals surface area (Å²) in [7, 11) is 0. The Labute approximate surface area is 309 Å². The number of unbranched alkanes of at least 4 members (excludes halogenated alkanes) is 5. The minimum atomic E-state index is 0.648. The van der Waals surface area contributed by atoms with E-state index in [9.17, 15) is 5.26 Å². The highest BCUT2D eigenvalue weighted by Gasteiger charge is 2.17. The number of aromatic nitrogens is 1. The van der Waals surface area contributed by atoms with Crippen molar-refractivity contribution >= 4 is 87.5 Å². The maximum absolute atomic E-state index is 10.1. The predicted molar refractivity (Wildman–Crippen MR) is 224 cm³/mol. The van der Waals surface area contributed by atoms with Gasteiger partial charge in [-0.25, -0.2) is 4.85 Å². The van der Waals surface area contributed by atoms with Crippen LogP contribution in [0.3, 0.4) is 0 Å². The van der Waals surface area contributed by atoms with Crippen LogP contribution in [-0.4, -0.2) is 4.57 Å². The first-order valence-corrected chi connectivity index (χ1v) is 19.1. The number of thiophene rings is 1. The van der Waals surface area contributed by atoms with E-state index in [2.05, 4.69) is 83.1 Å². The molecule has 0 unspecified atom stereocenters. The lowest BCUT2D eigenvalue weighted by Gasteiger charge is -2.11. The molecule has 0 saturated heterocycles. The van der Waals surface area contributed by atoms with Crippen molar-refractivity contribution in [2.24, 2.45) is 0 Å². The van der Waals surface area contributed by atoms with E-state index in [1.54, 1.807) is 0 Å². The third-order valence-corrected chi connectivity index (χ3v) is 11.5. The Morgan fingerprint density at radius 2 is 1.27 bits per heavy atom. The van der Waals surface area contributed by atoms with Crippen molar-refractivity contribution in [3.63, 3.8) is 0 Å². The summed E-state index contributed by atoms with van der Waals surface area (Å²) in [6.45, 7) is 11.0. The molecule has 0 spiro atoms. The average molecular weight is 690 g/mol. The summed E-state index contributed by atoms with van der Waals surface area (Å²) in [5.74, 6) is 0. The molecular weight excluding hydrogens is 651 g/mol. The van der Waals surface area contributed by atoms with E-state index < -0.39 is 0 Å². The number of benzene rings is 6. The van der Waals surface area contributed by atoms with Gasteiger partial charge in [-0.3, -0.25) is 0 Å². The molecule has 4 heteroatoms. The Morgan fingerprint density at radius 3 is 1.98 bits per heavy atom. The SMILES string of the molecule is [C-]#[N+]/C(=C\c1ccc2c(c1)sc1c2ccc2c1ccc1c3ccc(/C=C(\C#N)c4ccccc4)cc3n(CCCCCCCC)c21)c1ccccc1. The molecule has 252 valence electrons. The highest BCUT2D eigenvalue weighted by Crippen LogP contribution is 2.43. The molecule has 2 heterocycles. The third kappa shape index (κ3) is 6.28. The van der Waals surface area contributed by atoms with Gasteiger partial charge in [0.2, 0.25) is 0 Å². The van der Waals surface area contributed by atoms with E-state index >= 15 is 0 Å². The molecule has 0 N–H and O–H groups in total. The van der Waals surface area contributed by atoms with Crippen LogP contribution in [0, 0.1) is 17.9 Å². The van der Waals surface area contributed by atoms with Gasteiger partial charge in [-0.15, -0.1) is 11.3 Å². The molecule has 8 rings (SSSR count). The van der Waals surface area contributed by atoms with Crippen LogP contribution in [0.2, 0.25) is 0 Å². The number of hydrogen-bond acceptors (Lipinski definition) is 2. The summed E-state index contributed by atoms with van der Waals surface area (Å²) in [5, 5.41) is 17.7. The van der Waals surface area contributed by atoms with Gasteiger partial charge in [-0.1, -0.05) is 148 Å². The Balaban J connectivity index is 1.27. The van der Waals surface area contributed by atoms with Crippen molar-refractivity contribution in [3.05, 3.63) is 155 Å². The van der Waals surface area contributed by atoms with Crippen molar-refractivity contribution in [3.8, 4) is 6.07 Å². The highest BCUT2D eigenvalue weighted by molar-refractivity contribution is 7.26. The quantitative estimate of drug-likeness (QED) is 0.0576. The Bertz CT molecular complexity index is 2730. The summed E-state index contributed by atoms with van der Waals surface area (Å²) in [5.41, 5.74) is 7.77. The van der Waals surface area contributed by atoms with Gasteiger partial charge in [0.05, 0.1) is 23.7 Å². The van der Waals surface area contributed by atoms with E-state index in [1.165, 1.54) is 84.9 Å². The Morgan fingerprint density at radius 1 is 0.673 bits per heavy atom. The topological polar surface area (TPSA) is 33.1 Å². The molecule has 0 aliphatic rings. The lowest BCUT2D eigenvalue weighted by Crippen LogP contribution is -1.98. The molecule has 8 aromatic rings. The summed E-state index contributed by atoms with van der Waals surface area (Å²) in [6.07, 6.45) is 11.5. The van der Waals surface area contributed by atoms with Crippen LogP contribution >= 0.6 is 11.3 Å². The zero-order chi connectivity index (χ0) is 35.4. The third-order valence-electron chi connectivity index (χ3n) is 10.2. The zero-order valence-electron chi connectivity index (χ0n) is 29.4. The summed E-state index contributed by atoms with van der Waals surface area (Å²) in [6, 6.07) is 44.8. The number of aryl methyl sites for hydroxylation is 1. The Kier molecular flexibility index (Phi) is 9.41. The number of nitriles is 1.